The highest BCUT2D eigenvalue weighted by Gasteiger charge is 2.41. The van der Waals surface area contributed by atoms with Crippen LogP contribution in [0.2, 0.25) is 0 Å². The Balaban J connectivity index is 2.20. The minimum absolute atomic E-state index is 1.14. The fraction of sp³-hybridized carbons (Fsp3) is 0.172. The molecular formula is C29H32Si. The smallest absolute Gasteiger partial charge is 0.0873 e. The lowest BCUT2D eigenvalue weighted by atomic mass is 10.2. The molecule has 3 rings (SSSR count). The van der Waals surface area contributed by atoms with Crippen molar-refractivity contribution in [3.63, 3.8) is 0 Å². The van der Waals surface area contributed by atoms with Crippen molar-refractivity contribution in [2.45, 2.75) is 33.1 Å². The molecule has 3 aromatic rings. The van der Waals surface area contributed by atoms with Crippen LogP contribution >= 0.6 is 0 Å². The van der Waals surface area contributed by atoms with Crippen molar-refractivity contribution in [1.29, 1.82) is 0 Å². The number of rotatable bonds is 9. The Morgan fingerprint density at radius 1 is 0.700 bits per heavy atom. The van der Waals surface area contributed by atoms with Gasteiger partial charge < -0.3 is 0 Å². The predicted molar refractivity (Wildman–Crippen MR) is 136 cm³/mol. The van der Waals surface area contributed by atoms with Crippen molar-refractivity contribution in [3.8, 4) is 0 Å². The molecule has 0 aliphatic carbocycles. The van der Waals surface area contributed by atoms with E-state index in [1.54, 1.807) is 0 Å². The zero-order valence-corrected chi connectivity index (χ0v) is 19.2. The molecular weight excluding hydrogens is 376 g/mol. The summed E-state index contributed by atoms with van der Waals surface area (Å²) in [5.74, 6) is 0. The van der Waals surface area contributed by atoms with Gasteiger partial charge in [0.2, 0.25) is 0 Å². The maximum atomic E-state index is 2.33. The second-order valence-electron chi connectivity index (χ2n) is 7.52. The fourth-order valence-corrected chi connectivity index (χ4v) is 9.01. The van der Waals surface area contributed by atoms with E-state index in [0.29, 0.717) is 0 Å². The summed E-state index contributed by atoms with van der Waals surface area (Å²) in [7, 11) is -2.39. The molecule has 3 aromatic carbocycles. The highest BCUT2D eigenvalue weighted by molar-refractivity contribution is 7.16. The molecule has 0 N–H and O–H groups in total. The van der Waals surface area contributed by atoms with E-state index in [1.807, 2.05) is 0 Å². The molecule has 30 heavy (non-hydrogen) atoms. The topological polar surface area (TPSA) is 0 Å². The first-order valence-corrected chi connectivity index (χ1v) is 13.0. The van der Waals surface area contributed by atoms with Crippen molar-refractivity contribution >= 4 is 23.6 Å². The van der Waals surface area contributed by atoms with Crippen LogP contribution < -0.4 is 15.6 Å². The third kappa shape index (κ3) is 4.80. The van der Waals surface area contributed by atoms with Gasteiger partial charge in [-0.25, -0.2) is 0 Å². The van der Waals surface area contributed by atoms with E-state index in [-0.39, 0.29) is 0 Å². The molecule has 0 saturated heterocycles. The van der Waals surface area contributed by atoms with Gasteiger partial charge in [0, 0.05) is 0 Å². The van der Waals surface area contributed by atoms with Crippen LogP contribution in [0.15, 0.2) is 127 Å². The van der Waals surface area contributed by atoms with Crippen molar-refractivity contribution in [2.24, 2.45) is 0 Å². The summed E-state index contributed by atoms with van der Waals surface area (Å²) in [6.07, 6.45) is 15.0. The van der Waals surface area contributed by atoms with Gasteiger partial charge in [0.25, 0.3) is 0 Å². The van der Waals surface area contributed by atoms with Gasteiger partial charge in [-0.05, 0) is 34.1 Å². The van der Waals surface area contributed by atoms with Crippen LogP contribution in [0.5, 0.6) is 0 Å². The van der Waals surface area contributed by atoms with E-state index in [1.165, 1.54) is 33.6 Å². The standard InChI is InChI=1S/C29H32Si/c1-3-5-6-7-8-12-19-26(4-2)30(27-20-13-9-14-21-27,28-22-15-10-16-23-28)29-24-17-11-18-25-29/h4,7-25H,3,5-6H2,1-2H3/b8-7-,19-12+,26-4-. The monoisotopic (exact) mass is 408 g/mol. The van der Waals surface area contributed by atoms with Crippen LogP contribution in [0.1, 0.15) is 33.1 Å². The van der Waals surface area contributed by atoms with E-state index in [2.05, 4.69) is 135 Å². The minimum atomic E-state index is -2.39. The van der Waals surface area contributed by atoms with E-state index in [4.69, 9.17) is 0 Å². The Labute approximate surface area is 183 Å². The van der Waals surface area contributed by atoms with E-state index < -0.39 is 8.07 Å². The van der Waals surface area contributed by atoms with E-state index in [0.717, 1.165) is 6.42 Å². The molecule has 1 heteroatoms. The molecule has 0 aromatic heterocycles. The van der Waals surface area contributed by atoms with Crippen LogP contribution in [0, 0.1) is 0 Å². The molecule has 0 saturated carbocycles. The second-order valence-corrected chi connectivity index (χ2v) is 11.3. The molecule has 0 atom stereocenters. The highest BCUT2D eigenvalue weighted by Crippen LogP contribution is 2.19. The molecule has 0 bridgehead atoms. The lowest BCUT2D eigenvalue weighted by Crippen LogP contribution is -2.68. The average molecular weight is 409 g/mol. The Kier molecular flexibility index (Phi) is 8.23. The number of unbranched alkanes of at least 4 members (excludes halogenated alkanes) is 2. The molecule has 0 nitrogen and oxygen atoms in total. The quantitative estimate of drug-likeness (QED) is 0.178. The summed E-state index contributed by atoms with van der Waals surface area (Å²) in [4.78, 5) is 0. The maximum Gasteiger partial charge on any atom is 0.179 e. The summed E-state index contributed by atoms with van der Waals surface area (Å²) in [5.41, 5.74) is 0. The molecule has 0 unspecified atom stereocenters. The number of hydrogen-bond donors (Lipinski definition) is 0. The summed E-state index contributed by atoms with van der Waals surface area (Å²) in [6.45, 7) is 4.41. The van der Waals surface area contributed by atoms with Crippen molar-refractivity contribution in [2.75, 3.05) is 0 Å². The van der Waals surface area contributed by atoms with Crippen molar-refractivity contribution < 1.29 is 0 Å². The van der Waals surface area contributed by atoms with Gasteiger partial charge in [0.05, 0.1) is 0 Å². The Hall–Kier alpha value is -2.90. The minimum Gasteiger partial charge on any atom is -0.0873 e. The fourth-order valence-electron chi connectivity index (χ4n) is 4.16. The third-order valence-electron chi connectivity index (χ3n) is 5.61. The first kappa shape index (κ1) is 21.8. The molecule has 0 aliphatic heterocycles. The van der Waals surface area contributed by atoms with E-state index in [9.17, 15) is 0 Å². The largest absolute Gasteiger partial charge is 0.179 e. The van der Waals surface area contributed by atoms with Crippen LogP contribution in [0.4, 0.5) is 0 Å². The molecule has 0 spiro atoms. The SMILES string of the molecule is C/C=C(/C=C/C=C\CCCC)[Si](c1ccccc1)(c1ccccc1)c1ccccc1. The summed E-state index contributed by atoms with van der Waals surface area (Å²) in [6, 6.07) is 33.2. The van der Waals surface area contributed by atoms with Gasteiger partial charge in [0.15, 0.2) is 8.07 Å². The van der Waals surface area contributed by atoms with Gasteiger partial charge in [0.1, 0.15) is 0 Å². The average Bonchev–Trinajstić information content (AvgIpc) is 2.82. The normalized spacial score (nSPS) is 12.7. The van der Waals surface area contributed by atoms with Crippen LogP contribution in [0.3, 0.4) is 0 Å². The number of benzene rings is 3. The first-order chi connectivity index (χ1) is 14.8. The summed E-state index contributed by atoms with van der Waals surface area (Å²) < 4.78 is 0. The molecule has 0 heterocycles. The molecule has 152 valence electrons. The lowest BCUT2D eigenvalue weighted by molar-refractivity contribution is 0.815. The zero-order chi connectivity index (χ0) is 21.1. The molecule has 0 fully saturated rings. The maximum absolute atomic E-state index is 2.39. The van der Waals surface area contributed by atoms with Crippen LogP contribution in [-0.2, 0) is 0 Å². The summed E-state index contributed by atoms with van der Waals surface area (Å²) >= 11 is 0. The number of hydrogen-bond acceptors (Lipinski definition) is 0. The molecule has 0 amide bonds. The predicted octanol–water partition coefficient (Wildman–Crippen LogP) is 5.94. The van der Waals surface area contributed by atoms with Gasteiger partial charge in [-0.15, -0.1) is 0 Å². The van der Waals surface area contributed by atoms with Crippen LogP contribution in [0.25, 0.3) is 0 Å². The van der Waals surface area contributed by atoms with Gasteiger partial charge in [-0.2, -0.15) is 0 Å². The highest BCUT2D eigenvalue weighted by atomic mass is 28.3. The molecule has 0 radical (unpaired) electrons. The van der Waals surface area contributed by atoms with E-state index >= 15 is 0 Å². The number of allylic oxidation sites excluding steroid dienone is 6. The van der Waals surface area contributed by atoms with Crippen molar-refractivity contribution in [1.82, 2.24) is 0 Å². The Bertz CT molecular complexity index is 870. The second kappa shape index (κ2) is 11.3. The Morgan fingerprint density at radius 2 is 1.17 bits per heavy atom. The molecule has 0 aliphatic rings. The van der Waals surface area contributed by atoms with Gasteiger partial charge in [-0.1, -0.05) is 141 Å². The van der Waals surface area contributed by atoms with Gasteiger partial charge >= 0.3 is 0 Å². The first-order valence-electron chi connectivity index (χ1n) is 11.0. The zero-order valence-electron chi connectivity index (χ0n) is 18.2. The van der Waals surface area contributed by atoms with Crippen molar-refractivity contribution in [3.05, 3.63) is 127 Å². The van der Waals surface area contributed by atoms with Gasteiger partial charge in [-0.3, -0.25) is 0 Å². The summed E-state index contributed by atoms with van der Waals surface area (Å²) in [5, 5.41) is 5.64. The van der Waals surface area contributed by atoms with Crippen LogP contribution in [-0.4, -0.2) is 8.07 Å². The third-order valence-corrected chi connectivity index (χ3v) is 10.5. The Morgan fingerprint density at radius 3 is 1.57 bits per heavy atom. The lowest BCUT2D eigenvalue weighted by Gasteiger charge is -2.35.